The molecule has 0 saturated carbocycles. The number of hydrogen-bond donors (Lipinski definition) is 5. The van der Waals surface area contributed by atoms with E-state index in [1.807, 2.05) is 0 Å². The number of primary amides is 1. The molecule has 9 nitrogen and oxygen atoms in total. The van der Waals surface area contributed by atoms with Crippen molar-refractivity contribution < 1.29 is 24.3 Å². The highest BCUT2D eigenvalue weighted by atomic mass is 16.4. The standard InChI is InChI=1S/C11H20N4O5/c1-3-13-9(17)6(2)14-11(20)15-7(10(18)19)4-5-8(12)16/h6-7H,3-5H2,1-2H3,(H2,12,16)(H,13,17)(H,18,19)(H2,14,15,20)/t6?,7-/m0/s1. The molecule has 0 spiro atoms. The smallest absolute Gasteiger partial charge is 0.326 e. The zero-order valence-corrected chi connectivity index (χ0v) is 11.4. The van der Waals surface area contributed by atoms with E-state index in [0.717, 1.165) is 0 Å². The van der Waals surface area contributed by atoms with Gasteiger partial charge in [0.15, 0.2) is 0 Å². The number of aliphatic carboxylic acids is 1. The Hall–Kier alpha value is -2.32. The quantitative estimate of drug-likeness (QED) is 0.369. The molecule has 0 heterocycles. The highest BCUT2D eigenvalue weighted by molar-refractivity contribution is 5.88. The molecule has 9 heteroatoms. The minimum absolute atomic E-state index is 0.117. The van der Waals surface area contributed by atoms with Crippen molar-refractivity contribution in [3.05, 3.63) is 0 Å². The molecular weight excluding hydrogens is 268 g/mol. The molecule has 0 fully saturated rings. The molecule has 0 saturated heterocycles. The number of carboxylic acids is 1. The van der Waals surface area contributed by atoms with Gasteiger partial charge in [-0.05, 0) is 20.3 Å². The van der Waals surface area contributed by atoms with Crippen LogP contribution in [-0.2, 0) is 14.4 Å². The Morgan fingerprint density at radius 1 is 1.20 bits per heavy atom. The van der Waals surface area contributed by atoms with Crippen molar-refractivity contribution in [3.63, 3.8) is 0 Å². The van der Waals surface area contributed by atoms with E-state index in [4.69, 9.17) is 10.8 Å². The number of amides is 4. The first-order valence-corrected chi connectivity index (χ1v) is 6.13. The van der Waals surface area contributed by atoms with Crippen molar-refractivity contribution in [2.75, 3.05) is 6.54 Å². The lowest BCUT2D eigenvalue weighted by Crippen LogP contribution is -2.52. The van der Waals surface area contributed by atoms with Gasteiger partial charge in [0.05, 0.1) is 0 Å². The van der Waals surface area contributed by atoms with Gasteiger partial charge in [0, 0.05) is 13.0 Å². The summed E-state index contributed by atoms with van der Waals surface area (Å²) in [7, 11) is 0. The number of likely N-dealkylation sites (N-methyl/N-ethyl adjacent to an activating group) is 1. The summed E-state index contributed by atoms with van der Waals surface area (Å²) >= 11 is 0. The van der Waals surface area contributed by atoms with Gasteiger partial charge >= 0.3 is 12.0 Å². The molecular formula is C11H20N4O5. The molecule has 4 amide bonds. The van der Waals surface area contributed by atoms with Gasteiger partial charge in [0.2, 0.25) is 11.8 Å². The first-order valence-electron chi connectivity index (χ1n) is 6.13. The average molecular weight is 288 g/mol. The van der Waals surface area contributed by atoms with Crippen LogP contribution in [0.3, 0.4) is 0 Å². The lowest BCUT2D eigenvalue weighted by atomic mass is 10.1. The number of nitrogens with two attached hydrogens (primary N) is 1. The largest absolute Gasteiger partial charge is 0.480 e. The van der Waals surface area contributed by atoms with Crippen molar-refractivity contribution in [3.8, 4) is 0 Å². The van der Waals surface area contributed by atoms with Crippen LogP contribution in [0.5, 0.6) is 0 Å². The zero-order valence-electron chi connectivity index (χ0n) is 11.4. The van der Waals surface area contributed by atoms with Crippen molar-refractivity contribution in [1.29, 1.82) is 0 Å². The molecule has 1 unspecified atom stereocenters. The van der Waals surface area contributed by atoms with Crippen LogP contribution in [0.2, 0.25) is 0 Å². The Labute approximate surface area is 116 Å². The summed E-state index contributed by atoms with van der Waals surface area (Å²) in [5.41, 5.74) is 4.91. The fraction of sp³-hybridized carbons (Fsp3) is 0.636. The van der Waals surface area contributed by atoms with E-state index in [0.29, 0.717) is 6.54 Å². The van der Waals surface area contributed by atoms with Gasteiger partial charge in [-0.3, -0.25) is 9.59 Å². The molecule has 0 aliphatic rings. The van der Waals surface area contributed by atoms with E-state index >= 15 is 0 Å². The van der Waals surface area contributed by atoms with Gasteiger partial charge in [-0.2, -0.15) is 0 Å². The Morgan fingerprint density at radius 3 is 2.25 bits per heavy atom. The van der Waals surface area contributed by atoms with Crippen molar-refractivity contribution in [1.82, 2.24) is 16.0 Å². The SMILES string of the molecule is CCNC(=O)C(C)NC(=O)N[C@@H](CCC(N)=O)C(=O)O. The molecule has 0 bridgehead atoms. The Kier molecular flexibility index (Phi) is 7.71. The molecule has 0 aliphatic carbocycles. The first kappa shape index (κ1) is 17.7. The van der Waals surface area contributed by atoms with Crippen LogP contribution in [0.1, 0.15) is 26.7 Å². The van der Waals surface area contributed by atoms with Crippen LogP contribution < -0.4 is 21.7 Å². The van der Waals surface area contributed by atoms with E-state index < -0.39 is 30.0 Å². The van der Waals surface area contributed by atoms with E-state index in [1.165, 1.54) is 6.92 Å². The lowest BCUT2D eigenvalue weighted by molar-refractivity contribution is -0.139. The van der Waals surface area contributed by atoms with E-state index in [9.17, 15) is 19.2 Å². The average Bonchev–Trinajstić information content (AvgIpc) is 2.33. The summed E-state index contributed by atoms with van der Waals surface area (Å²) < 4.78 is 0. The van der Waals surface area contributed by atoms with E-state index in [2.05, 4.69) is 16.0 Å². The summed E-state index contributed by atoms with van der Waals surface area (Å²) in [5, 5.41) is 15.9. The monoisotopic (exact) mass is 288 g/mol. The van der Waals surface area contributed by atoms with Crippen LogP contribution in [0.15, 0.2) is 0 Å². The number of carboxylic acid groups (broad SMARTS) is 1. The maximum absolute atomic E-state index is 11.5. The highest BCUT2D eigenvalue weighted by Gasteiger charge is 2.22. The predicted molar refractivity (Wildman–Crippen MR) is 69.7 cm³/mol. The second-order valence-electron chi connectivity index (χ2n) is 4.13. The minimum Gasteiger partial charge on any atom is -0.480 e. The second-order valence-corrected chi connectivity index (χ2v) is 4.13. The third kappa shape index (κ3) is 7.19. The number of carbonyl (C=O) groups excluding carboxylic acids is 3. The lowest BCUT2D eigenvalue weighted by Gasteiger charge is -2.17. The van der Waals surface area contributed by atoms with Gasteiger partial charge in [-0.15, -0.1) is 0 Å². The second kappa shape index (κ2) is 8.73. The fourth-order valence-electron chi connectivity index (χ4n) is 1.33. The number of rotatable bonds is 8. The summed E-state index contributed by atoms with van der Waals surface area (Å²) in [6.07, 6.45) is -0.281. The van der Waals surface area contributed by atoms with Crippen LogP contribution in [0.4, 0.5) is 4.79 Å². The number of urea groups is 1. The van der Waals surface area contributed by atoms with Crippen LogP contribution in [0.25, 0.3) is 0 Å². The third-order valence-electron chi connectivity index (χ3n) is 2.37. The molecule has 2 atom stereocenters. The Balaban J connectivity index is 4.35. The Bertz CT molecular complexity index is 385. The minimum atomic E-state index is -1.29. The van der Waals surface area contributed by atoms with Gasteiger partial charge in [-0.25, -0.2) is 9.59 Å². The number of carbonyl (C=O) groups is 4. The van der Waals surface area contributed by atoms with Gasteiger partial charge in [0.1, 0.15) is 12.1 Å². The molecule has 0 aromatic heterocycles. The molecule has 0 aromatic rings. The number of nitrogens with one attached hydrogen (secondary N) is 3. The van der Waals surface area contributed by atoms with Gasteiger partial charge in [0.25, 0.3) is 0 Å². The van der Waals surface area contributed by atoms with Gasteiger partial charge in [-0.1, -0.05) is 0 Å². The number of hydrogen-bond acceptors (Lipinski definition) is 4. The molecule has 0 rings (SSSR count). The summed E-state index contributed by atoms with van der Waals surface area (Å²) in [5.74, 6) is -2.33. The van der Waals surface area contributed by atoms with Gasteiger partial charge < -0.3 is 26.8 Å². The van der Waals surface area contributed by atoms with E-state index in [-0.39, 0.29) is 18.7 Å². The maximum atomic E-state index is 11.5. The topological polar surface area (TPSA) is 151 Å². The molecule has 0 radical (unpaired) electrons. The molecule has 114 valence electrons. The predicted octanol–water partition coefficient (Wildman–Crippen LogP) is -1.47. The zero-order chi connectivity index (χ0) is 15.7. The molecule has 0 aliphatic heterocycles. The van der Waals surface area contributed by atoms with Crippen LogP contribution in [-0.4, -0.2) is 47.5 Å². The van der Waals surface area contributed by atoms with Crippen molar-refractivity contribution in [2.45, 2.75) is 38.8 Å². The highest BCUT2D eigenvalue weighted by Crippen LogP contribution is 1.97. The Morgan fingerprint density at radius 2 is 1.80 bits per heavy atom. The molecule has 6 N–H and O–H groups in total. The fourth-order valence-corrected chi connectivity index (χ4v) is 1.33. The van der Waals surface area contributed by atoms with Crippen molar-refractivity contribution in [2.24, 2.45) is 5.73 Å². The van der Waals surface area contributed by atoms with Crippen LogP contribution >= 0.6 is 0 Å². The van der Waals surface area contributed by atoms with E-state index in [1.54, 1.807) is 6.92 Å². The molecule has 20 heavy (non-hydrogen) atoms. The third-order valence-corrected chi connectivity index (χ3v) is 2.37. The molecule has 0 aromatic carbocycles. The summed E-state index contributed by atoms with van der Waals surface area (Å²) in [6, 6.07) is -2.86. The summed E-state index contributed by atoms with van der Waals surface area (Å²) in [6.45, 7) is 3.61. The maximum Gasteiger partial charge on any atom is 0.326 e. The normalized spacial score (nSPS) is 12.9. The van der Waals surface area contributed by atoms with Crippen molar-refractivity contribution >= 4 is 23.8 Å². The first-order chi connectivity index (χ1) is 9.27. The summed E-state index contributed by atoms with van der Waals surface area (Å²) in [4.78, 5) is 44.4. The van der Waals surface area contributed by atoms with Crippen LogP contribution in [0, 0.1) is 0 Å².